The number of benzene rings is 2. The largest absolute Gasteiger partial charge is 0.369 e. The summed E-state index contributed by atoms with van der Waals surface area (Å²) in [6.45, 7) is 7.64. The molecule has 5 heteroatoms. The van der Waals surface area contributed by atoms with E-state index < -0.39 is 0 Å². The lowest BCUT2D eigenvalue weighted by atomic mass is 10.2. The van der Waals surface area contributed by atoms with Crippen LogP contribution in [0.25, 0.3) is 0 Å². The van der Waals surface area contributed by atoms with Crippen molar-refractivity contribution >= 4 is 23.1 Å². The highest BCUT2D eigenvalue weighted by atomic mass is 16.2. The van der Waals surface area contributed by atoms with Crippen LogP contribution in [-0.2, 0) is 0 Å². The van der Waals surface area contributed by atoms with Crippen LogP contribution < -0.4 is 15.5 Å². The lowest BCUT2D eigenvalue weighted by molar-refractivity contribution is 0.262. The Kier molecular flexibility index (Phi) is 5.33. The van der Waals surface area contributed by atoms with Gasteiger partial charge >= 0.3 is 6.03 Å². The third kappa shape index (κ3) is 4.26. The lowest BCUT2D eigenvalue weighted by Crippen LogP contribution is -2.46. The van der Waals surface area contributed by atoms with Crippen molar-refractivity contribution < 1.29 is 4.79 Å². The Morgan fingerprint density at radius 2 is 1.46 bits per heavy atom. The highest BCUT2D eigenvalue weighted by Crippen LogP contribution is 2.19. The van der Waals surface area contributed by atoms with Gasteiger partial charge in [0.05, 0.1) is 0 Å². The molecule has 126 valence electrons. The lowest BCUT2D eigenvalue weighted by Gasteiger charge is -2.35. The molecule has 1 aliphatic heterocycles. The van der Waals surface area contributed by atoms with Gasteiger partial charge in [0.1, 0.15) is 0 Å². The van der Waals surface area contributed by atoms with Crippen LogP contribution in [0.5, 0.6) is 0 Å². The van der Waals surface area contributed by atoms with Crippen LogP contribution in [-0.4, -0.2) is 43.7 Å². The quantitative estimate of drug-likeness (QED) is 0.905. The number of carbonyl (C=O) groups is 1. The summed E-state index contributed by atoms with van der Waals surface area (Å²) in [5.41, 5.74) is 2.78. The van der Waals surface area contributed by atoms with Gasteiger partial charge in [-0.2, -0.15) is 0 Å². The van der Waals surface area contributed by atoms with Crippen LogP contribution in [0.15, 0.2) is 54.6 Å². The second-order valence-electron chi connectivity index (χ2n) is 5.91. The third-order valence-corrected chi connectivity index (χ3v) is 4.34. The van der Waals surface area contributed by atoms with Gasteiger partial charge in [0.15, 0.2) is 0 Å². The van der Waals surface area contributed by atoms with Gasteiger partial charge in [0.25, 0.3) is 0 Å². The van der Waals surface area contributed by atoms with Crippen molar-refractivity contribution in [2.75, 3.05) is 48.3 Å². The minimum atomic E-state index is -0.231. The number of hydrogen-bond acceptors (Lipinski definition) is 3. The van der Waals surface area contributed by atoms with E-state index in [1.807, 2.05) is 42.5 Å². The van der Waals surface area contributed by atoms with E-state index >= 15 is 0 Å². The summed E-state index contributed by atoms with van der Waals surface area (Å²) in [5, 5.41) is 5.67. The number of piperazine rings is 1. The maximum atomic E-state index is 12.0. The summed E-state index contributed by atoms with van der Waals surface area (Å²) in [6.07, 6.45) is 0. The van der Waals surface area contributed by atoms with E-state index in [1.165, 1.54) is 5.69 Å². The summed E-state index contributed by atoms with van der Waals surface area (Å²) in [6, 6.07) is 17.2. The number of nitrogens with one attached hydrogen (secondary N) is 2. The molecule has 1 heterocycles. The van der Waals surface area contributed by atoms with E-state index in [0.29, 0.717) is 0 Å². The number of amides is 2. The van der Waals surface area contributed by atoms with Gasteiger partial charge in [-0.05, 0) is 42.9 Å². The van der Waals surface area contributed by atoms with Crippen LogP contribution in [0.4, 0.5) is 21.9 Å². The minimum absolute atomic E-state index is 0.231. The van der Waals surface area contributed by atoms with Crippen molar-refractivity contribution in [3.63, 3.8) is 0 Å². The molecule has 0 unspecified atom stereocenters. The van der Waals surface area contributed by atoms with Gasteiger partial charge < -0.3 is 20.4 Å². The zero-order valence-corrected chi connectivity index (χ0v) is 14.0. The summed E-state index contributed by atoms with van der Waals surface area (Å²) in [4.78, 5) is 16.8. The maximum absolute atomic E-state index is 12.0. The highest BCUT2D eigenvalue weighted by molar-refractivity contribution is 5.99. The van der Waals surface area contributed by atoms with Crippen molar-refractivity contribution in [1.82, 2.24) is 4.90 Å². The fraction of sp³-hybridized carbons (Fsp3) is 0.316. The molecular weight excluding hydrogens is 300 g/mol. The Morgan fingerprint density at radius 1 is 0.875 bits per heavy atom. The number of anilines is 3. The monoisotopic (exact) mass is 324 g/mol. The van der Waals surface area contributed by atoms with Gasteiger partial charge in [-0.15, -0.1) is 0 Å². The first kappa shape index (κ1) is 16.3. The third-order valence-electron chi connectivity index (χ3n) is 4.34. The molecule has 1 fully saturated rings. The van der Waals surface area contributed by atoms with E-state index in [9.17, 15) is 4.79 Å². The Labute approximate surface area is 143 Å². The van der Waals surface area contributed by atoms with Gasteiger partial charge in [-0.1, -0.05) is 25.1 Å². The fourth-order valence-electron chi connectivity index (χ4n) is 2.89. The summed E-state index contributed by atoms with van der Waals surface area (Å²) in [5.74, 6) is 0. The highest BCUT2D eigenvalue weighted by Gasteiger charge is 2.15. The van der Waals surface area contributed by atoms with Crippen molar-refractivity contribution in [3.8, 4) is 0 Å². The Balaban J connectivity index is 1.54. The van der Waals surface area contributed by atoms with Crippen molar-refractivity contribution in [2.45, 2.75) is 6.92 Å². The van der Waals surface area contributed by atoms with E-state index in [1.54, 1.807) is 0 Å². The number of carbonyl (C=O) groups excluding carboxylic acids is 1. The molecule has 0 radical (unpaired) electrons. The Bertz CT molecular complexity index is 649. The minimum Gasteiger partial charge on any atom is -0.369 e. The van der Waals surface area contributed by atoms with Gasteiger partial charge in [0.2, 0.25) is 0 Å². The number of urea groups is 1. The average Bonchev–Trinajstić information content (AvgIpc) is 2.63. The maximum Gasteiger partial charge on any atom is 0.323 e. The molecule has 2 aromatic carbocycles. The molecule has 3 rings (SSSR count). The molecule has 0 atom stereocenters. The molecule has 2 aromatic rings. The zero-order valence-electron chi connectivity index (χ0n) is 14.0. The van der Waals surface area contributed by atoms with Gasteiger partial charge in [-0.25, -0.2) is 4.79 Å². The molecule has 0 spiro atoms. The standard InChI is InChI=1S/C19H24N4O/c1-2-22-12-14-23(15-13-22)18-10-8-17(9-11-18)21-19(24)20-16-6-4-3-5-7-16/h3-11H,2,12-15H2,1H3,(H2,20,21,24). The summed E-state index contributed by atoms with van der Waals surface area (Å²) >= 11 is 0. The molecular formula is C19H24N4O. The topological polar surface area (TPSA) is 47.6 Å². The first-order valence-corrected chi connectivity index (χ1v) is 8.45. The molecule has 0 aromatic heterocycles. The molecule has 0 aliphatic carbocycles. The average molecular weight is 324 g/mol. The molecule has 1 aliphatic rings. The molecule has 5 nitrogen and oxygen atoms in total. The van der Waals surface area contributed by atoms with Crippen molar-refractivity contribution in [1.29, 1.82) is 0 Å². The second kappa shape index (κ2) is 7.84. The zero-order chi connectivity index (χ0) is 16.8. The van der Waals surface area contributed by atoms with E-state index in [4.69, 9.17) is 0 Å². The molecule has 0 saturated carbocycles. The van der Waals surface area contributed by atoms with E-state index in [0.717, 1.165) is 44.1 Å². The number of nitrogens with zero attached hydrogens (tertiary/aromatic N) is 2. The van der Waals surface area contributed by atoms with Gasteiger partial charge in [-0.3, -0.25) is 0 Å². The summed E-state index contributed by atoms with van der Waals surface area (Å²) in [7, 11) is 0. The van der Waals surface area contributed by atoms with Crippen LogP contribution in [0.1, 0.15) is 6.92 Å². The van der Waals surface area contributed by atoms with Gasteiger partial charge in [0, 0.05) is 43.2 Å². The Hall–Kier alpha value is -2.53. The van der Waals surface area contributed by atoms with E-state index in [2.05, 4.69) is 39.5 Å². The van der Waals surface area contributed by atoms with Crippen LogP contribution in [0, 0.1) is 0 Å². The smallest absolute Gasteiger partial charge is 0.323 e. The van der Waals surface area contributed by atoms with Crippen molar-refractivity contribution in [3.05, 3.63) is 54.6 Å². The predicted octanol–water partition coefficient (Wildman–Crippen LogP) is 3.47. The SMILES string of the molecule is CCN1CCN(c2ccc(NC(=O)Nc3ccccc3)cc2)CC1. The fourth-order valence-corrected chi connectivity index (χ4v) is 2.89. The number of likely N-dealkylation sites (N-methyl/N-ethyl adjacent to an activating group) is 1. The molecule has 0 bridgehead atoms. The van der Waals surface area contributed by atoms with Crippen LogP contribution in [0.3, 0.4) is 0 Å². The van der Waals surface area contributed by atoms with Crippen molar-refractivity contribution in [2.24, 2.45) is 0 Å². The normalized spacial score (nSPS) is 15.1. The Morgan fingerprint density at radius 3 is 2.04 bits per heavy atom. The number of hydrogen-bond donors (Lipinski definition) is 2. The number of para-hydroxylation sites is 1. The molecule has 2 N–H and O–H groups in total. The van der Waals surface area contributed by atoms with Crippen LogP contribution >= 0.6 is 0 Å². The molecule has 1 saturated heterocycles. The summed E-state index contributed by atoms with van der Waals surface area (Å²) < 4.78 is 0. The molecule has 2 amide bonds. The number of rotatable bonds is 4. The van der Waals surface area contributed by atoms with E-state index in [-0.39, 0.29) is 6.03 Å². The molecule has 24 heavy (non-hydrogen) atoms. The second-order valence-corrected chi connectivity index (χ2v) is 5.91. The predicted molar refractivity (Wildman–Crippen MR) is 99.9 cm³/mol. The first-order chi connectivity index (χ1) is 11.7. The van der Waals surface area contributed by atoms with Crippen LogP contribution in [0.2, 0.25) is 0 Å². The first-order valence-electron chi connectivity index (χ1n) is 8.45.